The smallest absolute Gasteiger partial charge is 0.197 e. The van der Waals surface area contributed by atoms with Crippen molar-refractivity contribution in [2.45, 2.75) is 26.7 Å². The van der Waals surface area contributed by atoms with E-state index in [1.54, 1.807) is 7.11 Å². The van der Waals surface area contributed by atoms with Gasteiger partial charge in [0.2, 0.25) is 0 Å². The van der Waals surface area contributed by atoms with Crippen LogP contribution in [0.1, 0.15) is 31.0 Å². The molecule has 0 amide bonds. The second kappa shape index (κ2) is 5.70. The molecule has 0 aliphatic rings. The molecular formula is C15H17BrN2O. The number of aromatic nitrogens is 2. The van der Waals surface area contributed by atoms with Gasteiger partial charge in [-0.2, -0.15) is 0 Å². The van der Waals surface area contributed by atoms with Crippen LogP contribution in [0.2, 0.25) is 0 Å². The lowest BCUT2D eigenvalue weighted by Gasteiger charge is -2.13. The van der Waals surface area contributed by atoms with Crippen molar-refractivity contribution in [1.29, 1.82) is 0 Å². The summed E-state index contributed by atoms with van der Waals surface area (Å²) in [6.45, 7) is 6.30. The van der Waals surface area contributed by atoms with E-state index in [0.717, 1.165) is 22.7 Å². The van der Waals surface area contributed by atoms with E-state index in [1.165, 1.54) is 5.56 Å². The number of aryl methyl sites for hydroxylation is 1. The summed E-state index contributed by atoms with van der Waals surface area (Å²) >= 11 is 3.34. The van der Waals surface area contributed by atoms with Crippen LogP contribution in [0.3, 0.4) is 0 Å². The SMILES string of the molecule is COc1ccc(C(C)C)cc1-c1cc(C)nc(Br)n1. The molecule has 0 fully saturated rings. The van der Waals surface area contributed by atoms with Crippen molar-refractivity contribution in [1.82, 2.24) is 9.97 Å². The van der Waals surface area contributed by atoms with E-state index in [9.17, 15) is 0 Å². The molecule has 0 atom stereocenters. The van der Waals surface area contributed by atoms with Gasteiger partial charge in [0.1, 0.15) is 5.75 Å². The Labute approximate surface area is 122 Å². The van der Waals surface area contributed by atoms with E-state index in [-0.39, 0.29) is 0 Å². The highest BCUT2D eigenvalue weighted by molar-refractivity contribution is 9.10. The Morgan fingerprint density at radius 3 is 2.47 bits per heavy atom. The van der Waals surface area contributed by atoms with E-state index in [0.29, 0.717) is 10.7 Å². The summed E-state index contributed by atoms with van der Waals surface area (Å²) in [6, 6.07) is 8.19. The van der Waals surface area contributed by atoms with Crippen LogP contribution in [0.5, 0.6) is 5.75 Å². The molecule has 1 aromatic heterocycles. The first-order chi connectivity index (χ1) is 9.01. The fourth-order valence-corrected chi connectivity index (χ4v) is 2.43. The number of rotatable bonds is 3. The lowest BCUT2D eigenvalue weighted by Crippen LogP contribution is -1.96. The number of halogens is 1. The van der Waals surface area contributed by atoms with Crippen LogP contribution in [0.25, 0.3) is 11.3 Å². The zero-order valence-electron chi connectivity index (χ0n) is 11.6. The average molecular weight is 321 g/mol. The van der Waals surface area contributed by atoms with Crippen LogP contribution < -0.4 is 4.74 Å². The zero-order valence-corrected chi connectivity index (χ0v) is 13.2. The molecule has 100 valence electrons. The number of ether oxygens (including phenoxy) is 1. The van der Waals surface area contributed by atoms with Gasteiger partial charge in [-0.25, -0.2) is 9.97 Å². The van der Waals surface area contributed by atoms with Gasteiger partial charge < -0.3 is 4.74 Å². The Kier molecular flexibility index (Phi) is 4.20. The Morgan fingerprint density at radius 1 is 1.16 bits per heavy atom. The quantitative estimate of drug-likeness (QED) is 0.789. The van der Waals surface area contributed by atoms with Gasteiger partial charge in [-0.3, -0.25) is 0 Å². The first-order valence-corrected chi connectivity index (χ1v) is 7.00. The maximum atomic E-state index is 5.44. The Hall–Kier alpha value is -1.42. The van der Waals surface area contributed by atoms with Gasteiger partial charge >= 0.3 is 0 Å². The summed E-state index contributed by atoms with van der Waals surface area (Å²) in [5.74, 6) is 1.30. The van der Waals surface area contributed by atoms with Gasteiger partial charge in [0, 0.05) is 11.3 Å². The molecule has 2 aromatic rings. The molecule has 0 spiro atoms. The highest BCUT2D eigenvalue weighted by atomic mass is 79.9. The molecule has 0 unspecified atom stereocenters. The van der Waals surface area contributed by atoms with Gasteiger partial charge in [-0.1, -0.05) is 19.9 Å². The van der Waals surface area contributed by atoms with Crippen molar-refractivity contribution >= 4 is 15.9 Å². The van der Waals surface area contributed by atoms with Crippen LogP contribution in [-0.2, 0) is 0 Å². The predicted molar refractivity (Wildman–Crippen MR) is 80.5 cm³/mol. The Balaban J connectivity index is 2.61. The molecule has 1 heterocycles. The van der Waals surface area contributed by atoms with Crippen molar-refractivity contribution in [2.24, 2.45) is 0 Å². The maximum absolute atomic E-state index is 5.44. The van der Waals surface area contributed by atoms with Crippen molar-refractivity contribution in [3.63, 3.8) is 0 Å². The molecule has 0 aliphatic heterocycles. The summed E-state index contributed by atoms with van der Waals surface area (Å²) < 4.78 is 6.04. The minimum Gasteiger partial charge on any atom is -0.496 e. The lowest BCUT2D eigenvalue weighted by atomic mass is 9.98. The Bertz CT molecular complexity index is 576. The molecule has 0 saturated heterocycles. The molecular weight excluding hydrogens is 304 g/mol. The molecule has 2 rings (SSSR count). The van der Waals surface area contributed by atoms with E-state index in [1.807, 2.05) is 19.1 Å². The summed E-state index contributed by atoms with van der Waals surface area (Å²) in [7, 11) is 1.68. The molecule has 0 aliphatic carbocycles. The first kappa shape index (κ1) is 14.0. The van der Waals surface area contributed by atoms with Crippen LogP contribution in [0, 0.1) is 6.92 Å². The lowest BCUT2D eigenvalue weighted by molar-refractivity contribution is 0.416. The number of hydrogen-bond donors (Lipinski definition) is 0. The van der Waals surface area contributed by atoms with Crippen LogP contribution in [-0.4, -0.2) is 17.1 Å². The van der Waals surface area contributed by atoms with Crippen LogP contribution in [0.4, 0.5) is 0 Å². The molecule has 0 radical (unpaired) electrons. The van der Waals surface area contributed by atoms with Crippen molar-refractivity contribution in [3.8, 4) is 17.0 Å². The molecule has 1 aromatic carbocycles. The van der Waals surface area contributed by atoms with Gasteiger partial charge in [-0.15, -0.1) is 0 Å². The maximum Gasteiger partial charge on any atom is 0.197 e. The summed E-state index contributed by atoms with van der Waals surface area (Å²) in [6.07, 6.45) is 0. The highest BCUT2D eigenvalue weighted by Crippen LogP contribution is 2.32. The molecule has 0 bridgehead atoms. The number of methoxy groups -OCH3 is 1. The third-order valence-corrected chi connectivity index (χ3v) is 3.35. The summed E-state index contributed by atoms with van der Waals surface area (Å²) in [4.78, 5) is 8.68. The summed E-state index contributed by atoms with van der Waals surface area (Å²) in [5.41, 5.74) is 4.07. The third-order valence-electron chi connectivity index (χ3n) is 2.99. The molecule has 0 saturated carbocycles. The number of nitrogens with zero attached hydrogens (tertiary/aromatic N) is 2. The second-order valence-corrected chi connectivity index (χ2v) is 5.49. The van der Waals surface area contributed by atoms with E-state index in [4.69, 9.17) is 4.74 Å². The highest BCUT2D eigenvalue weighted by Gasteiger charge is 2.11. The van der Waals surface area contributed by atoms with Crippen molar-refractivity contribution < 1.29 is 4.74 Å². The number of hydrogen-bond acceptors (Lipinski definition) is 3. The average Bonchev–Trinajstić information content (AvgIpc) is 2.36. The molecule has 0 N–H and O–H groups in total. The van der Waals surface area contributed by atoms with Crippen molar-refractivity contribution in [3.05, 3.63) is 40.3 Å². The molecule has 19 heavy (non-hydrogen) atoms. The second-order valence-electron chi connectivity index (χ2n) is 4.78. The van der Waals surface area contributed by atoms with Gasteiger partial charge in [0.05, 0.1) is 12.8 Å². The monoisotopic (exact) mass is 320 g/mol. The largest absolute Gasteiger partial charge is 0.496 e. The first-order valence-electron chi connectivity index (χ1n) is 6.20. The van der Waals surface area contributed by atoms with Crippen LogP contribution >= 0.6 is 15.9 Å². The standard InChI is InChI=1S/C15H17BrN2O/c1-9(2)11-5-6-14(19-4)12(8-11)13-7-10(3)17-15(16)18-13/h5-9H,1-4H3. The van der Waals surface area contributed by atoms with E-state index < -0.39 is 0 Å². The topological polar surface area (TPSA) is 35.0 Å². The molecule has 3 nitrogen and oxygen atoms in total. The van der Waals surface area contributed by atoms with E-state index >= 15 is 0 Å². The number of benzene rings is 1. The zero-order chi connectivity index (χ0) is 14.0. The summed E-state index contributed by atoms with van der Waals surface area (Å²) in [5, 5.41) is 0. The minimum absolute atomic E-state index is 0.469. The van der Waals surface area contributed by atoms with Gasteiger partial charge in [0.25, 0.3) is 0 Å². The fourth-order valence-electron chi connectivity index (χ4n) is 1.96. The van der Waals surface area contributed by atoms with E-state index in [2.05, 4.69) is 51.9 Å². The van der Waals surface area contributed by atoms with Crippen LogP contribution in [0.15, 0.2) is 29.0 Å². The molecule has 4 heteroatoms. The minimum atomic E-state index is 0.469. The van der Waals surface area contributed by atoms with Gasteiger partial charge in [0.15, 0.2) is 4.73 Å². The normalized spacial score (nSPS) is 10.8. The third kappa shape index (κ3) is 3.13. The fraction of sp³-hybridized carbons (Fsp3) is 0.333. The van der Waals surface area contributed by atoms with Crippen molar-refractivity contribution in [2.75, 3.05) is 7.11 Å². The van der Waals surface area contributed by atoms with Gasteiger partial charge in [-0.05, 0) is 52.5 Å². The predicted octanol–water partition coefficient (Wildman–Crippen LogP) is 4.35. The Morgan fingerprint density at radius 2 is 1.89 bits per heavy atom.